The van der Waals surface area contributed by atoms with Gasteiger partial charge in [0, 0.05) is 41.8 Å². The number of carbonyl (C=O) groups excluding carboxylic acids is 3. The van der Waals surface area contributed by atoms with Crippen LogP contribution in [0.5, 0.6) is 5.75 Å². The van der Waals surface area contributed by atoms with Gasteiger partial charge in [-0.3, -0.25) is 19.8 Å². The monoisotopic (exact) mass is 581 g/mol. The molecule has 1 aromatic heterocycles. The number of hydroxylamine groups is 1. The van der Waals surface area contributed by atoms with Crippen molar-refractivity contribution in [2.45, 2.75) is 44.9 Å². The number of hydrogen-bond donors (Lipinski definition) is 4. The van der Waals surface area contributed by atoms with Crippen molar-refractivity contribution in [3.8, 4) is 5.75 Å². The fourth-order valence-electron chi connectivity index (χ4n) is 5.52. The van der Waals surface area contributed by atoms with Gasteiger partial charge < -0.3 is 20.3 Å². The molecular weight excluding hydrogens is 546 g/mol. The summed E-state index contributed by atoms with van der Waals surface area (Å²) >= 11 is 0. The van der Waals surface area contributed by atoms with E-state index in [9.17, 15) is 19.6 Å². The molecule has 10 heteroatoms. The number of urea groups is 1. The first-order valence-corrected chi connectivity index (χ1v) is 14.2. The molecule has 2 heterocycles. The van der Waals surface area contributed by atoms with Crippen molar-refractivity contribution in [1.29, 1.82) is 0 Å². The number of rotatable bonds is 9. The Bertz CT molecular complexity index is 1590. The van der Waals surface area contributed by atoms with E-state index in [1.54, 1.807) is 34.6 Å². The van der Waals surface area contributed by atoms with Crippen molar-refractivity contribution in [3.63, 3.8) is 0 Å². The predicted molar refractivity (Wildman–Crippen MR) is 161 cm³/mol. The highest BCUT2D eigenvalue weighted by Crippen LogP contribution is 2.27. The Morgan fingerprint density at radius 2 is 1.74 bits per heavy atom. The van der Waals surface area contributed by atoms with Crippen molar-refractivity contribution in [1.82, 2.24) is 26.0 Å². The molecule has 4 aromatic rings. The molecule has 1 saturated heterocycles. The number of aryl methyl sites for hydroxylation is 1. The molecule has 5 rings (SSSR count). The number of para-hydroxylation sites is 1. The molecule has 222 valence electrons. The maximum absolute atomic E-state index is 13.4. The van der Waals surface area contributed by atoms with Gasteiger partial charge in [-0.1, -0.05) is 48.5 Å². The number of aromatic nitrogens is 1. The molecule has 43 heavy (non-hydrogen) atoms. The van der Waals surface area contributed by atoms with E-state index in [4.69, 9.17) is 4.74 Å². The van der Waals surface area contributed by atoms with Gasteiger partial charge in [0.1, 0.15) is 12.4 Å². The predicted octanol–water partition coefficient (Wildman–Crippen LogP) is 4.49. The first kappa shape index (κ1) is 29.5. The van der Waals surface area contributed by atoms with Gasteiger partial charge in [-0.15, -0.1) is 0 Å². The zero-order chi connectivity index (χ0) is 30.2. The summed E-state index contributed by atoms with van der Waals surface area (Å²) in [6.45, 7) is 3.25. The lowest BCUT2D eigenvalue weighted by Gasteiger charge is -2.43. The lowest BCUT2D eigenvalue weighted by Crippen LogP contribution is -2.62. The number of pyridine rings is 1. The number of amides is 4. The van der Waals surface area contributed by atoms with Crippen molar-refractivity contribution in [3.05, 3.63) is 107 Å². The number of fused-ring (bicyclic) bond motifs is 1. The van der Waals surface area contributed by atoms with E-state index in [0.717, 1.165) is 27.7 Å². The summed E-state index contributed by atoms with van der Waals surface area (Å²) < 4.78 is 6.03. The van der Waals surface area contributed by atoms with Crippen LogP contribution in [-0.2, 0) is 17.9 Å². The standard InChI is InChI=1S/C33H35N5O5/c1-23-18-26(28-10-5-6-11-29(28)35-23)21-43-27-14-12-25(13-15-27)31(40)36-33(19-30(39)37-42)16-7-17-38(22-33)32(41)34-20-24-8-3-2-4-9-24/h2-6,8-15,18,42H,7,16-17,19-22H2,1H3,(H,34,41)(H,36,40)(H,37,39). The largest absolute Gasteiger partial charge is 0.489 e. The average Bonchev–Trinajstić information content (AvgIpc) is 3.03. The molecule has 10 nitrogen and oxygen atoms in total. The van der Waals surface area contributed by atoms with Gasteiger partial charge in [0.2, 0.25) is 5.91 Å². The Labute approximate surface area is 250 Å². The summed E-state index contributed by atoms with van der Waals surface area (Å²) in [4.78, 5) is 44.8. The third-order valence-electron chi connectivity index (χ3n) is 7.59. The first-order chi connectivity index (χ1) is 20.8. The van der Waals surface area contributed by atoms with Crippen LogP contribution in [0, 0.1) is 6.92 Å². The molecule has 1 aliphatic heterocycles. The minimum Gasteiger partial charge on any atom is -0.489 e. The van der Waals surface area contributed by atoms with Gasteiger partial charge >= 0.3 is 6.03 Å². The number of benzene rings is 3. The third kappa shape index (κ3) is 7.47. The Hall–Kier alpha value is -4.96. The summed E-state index contributed by atoms with van der Waals surface area (Å²) in [6.07, 6.45) is 0.862. The fourth-order valence-corrected chi connectivity index (χ4v) is 5.52. The molecule has 0 bridgehead atoms. The van der Waals surface area contributed by atoms with E-state index < -0.39 is 11.4 Å². The molecule has 4 amide bonds. The van der Waals surface area contributed by atoms with Crippen LogP contribution in [0.1, 0.15) is 46.4 Å². The van der Waals surface area contributed by atoms with Gasteiger partial charge in [-0.2, -0.15) is 0 Å². The molecule has 0 aliphatic carbocycles. The van der Waals surface area contributed by atoms with E-state index in [0.29, 0.717) is 43.9 Å². The van der Waals surface area contributed by atoms with Crippen molar-refractivity contribution >= 4 is 28.7 Å². The van der Waals surface area contributed by atoms with Crippen LogP contribution in [0.3, 0.4) is 0 Å². The minimum atomic E-state index is -1.05. The quantitative estimate of drug-likeness (QED) is 0.170. The second kappa shape index (κ2) is 13.3. The van der Waals surface area contributed by atoms with Gasteiger partial charge in [0.15, 0.2) is 0 Å². The minimum absolute atomic E-state index is 0.118. The summed E-state index contributed by atoms with van der Waals surface area (Å²) in [5.41, 5.74) is 4.78. The lowest BCUT2D eigenvalue weighted by atomic mass is 9.85. The Balaban J connectivity index is 1.24. The van der Waals surface area contributed by atoms with Crippen LogP contribution in [0.4, 0.5) is 4.79 Å². The van der Waals surface area contributed by atoms with Crippen LogP contribution in [0.2, 0.25) is 0 Å². The normalized spacial score (nSPS) is 16.4. The van der Waals surface area contributed by atoms with Crippen molar-refractivity contribution < 1.29 is 24.3 Å². The smallest absolute Gasteiger partial charge is 0.317 e. The van der Waals surface area contributed by atoms with E-state index >= 15 is 0 Å². The third-order valence-corrected chi connectivity index (χ3v) is 7.59. The Morgan fingerprint density at radius 1 is 1.00 bits per heavy atom. The molecule has 1 atom stereocenters. The summed E-state index contributed by atoms with van der Waals surface area (Å²) in [5.74, 6) is -0.433. The number of piperidine rings is 1. The van der Waals surface area contributed by atoms with Crippen LogP contribution >= 0.6 is 0 Å². The number of hydrogen-bond acceptors (Lipinski definition) is 6. The molecular formula is C33H35N5O5. The van der Waals surface area contributed by atoms with Crippen molar-refractivity contribution in [2.24, 2.45) is 0 Å². The van der Waals surface area contributed by atoms with E-state index in [1.165, 1.54) is 0 Å². The Morgan fingerprint density at radius 3 is 2.51 bits per heavy atom. The van der Waals surface area contributed by atoms with Crippen LogP contribution in [0.15, 0.2) is 84.9 Å². The molecule has 1 aliphatic rings. The van der Waals surface area contributed by atoms with E-state index in [2.05, 4.69) is 15.6 Å². The summed E-state index contributed by atoms with van der Waals surface area (Å²) in [6, 6.07) is 25.9. The molecule has 0 radical (unpaired) electrons. The van der Waals surface area contributed by atoms with Crippen LogP contribution in [-0.4, -0.2) is 51.6 Å². The number of likely N-dealkylation sites (tertiary alicyclic amines) is 1. The van der Waals surface area contributed by atoms with Gasteiger partial charge in [0.25, 0.3) is 5.91 Å². The van der Waals surface area contributed by atoms with Crippen LogP contribution < -0.4 is 20.9 Å². The second-order valence-electron chi connectivity index (χ2n) is 10.9. The molecule has 3 aromatic carbocycles. The second-order valence-corrected chi connectivity index (χ2v) is 10.9. The summed E-state index contributed by atoms with van der Waals surface area (Å²) in [5, 5.41) is 16.2. The Kier molecular flexibility index (Phi) is 9.17. The maximum Gasteiger partial charge on any atom is 0.317 e. The fraction of sp³-hybridized carbons (Fsp3) is 0.273. The topological polar surface area (TPSA) is 133 Å². The number of ether oxygens (including phenoxy) is 1. The maximum atomic E-state index is 13.4. The molecule has 1 unspecified atom stereocenters. The SMILES string of the molecule is Cc1cc(COc2ccc(C(=O)NC3(CC(=O)NO)CCCN(C(=O)NCc4ccccc4)C3)cc2)c2ccccc2n1. The highest BCUT2D eigenvalue weighted by molar-refractivity contribution is 5.95. The highest BCUT2D eigenvalue weighted by atomic mass is 16.5. The molecule has 0 spiro atoms. The van der Waals surface area contributed by atoms with Crippen LogP contribution in [0.25, 0.3) is 10.9 Å². The molecule has 1 fully saturated rings. The van der Waals surface area contributed by atoms with Gasteiger partial charge in [-0.25, -0.2) is 10.3 Å². The lowest BCUT2D eigenvalue weighted by molar-refractivity contribution is -0.131. The number of nitrogens with zero attached hydrogens (tertiary/aromatic N) is 2. The zero-order valence-electron chi connectivity index (χ0n) is 24.0. The molecule has 0 saturated carbocycles. The molecule has 4 N–H and O–H groups in total. The highest BCUT2D eigenvalue weighted by Gasteiger charge is 2.40. The van der Waals surface area contributed by atoms with Crippen molar-refractivity contribution in [2.75, 3.05) is 13.1 Å². The van der Waals surface area contributed by atoms with E-state index in [-0.39, 0.29) is 24.9 Å². The van der Waals surface area contributed by atoms with Gasteiger partial charge in [-0.05, 0) is 61.7 Å². The number of nitrogens with one attached hydrogen (secondary N) is 3. The number of carbonyl (C=O) groups is 3. The van der Waals surface area contributed by atoms with Gasteiger partial charge in [0.05, 0.1) is 17.5 Å². The summed E-state index contributed by atoms with van der Waals surface area (Å²) in [7, 11) is 0. The van der Waals surface area contributed by atoms with E-state index in [1.807, 2.05) is 67.6 Å². The zero-order valence-corrected chi connectivity index (χ0v) is 24.0. The average molecular weight is 582 g/mol. The first-order valence-electron chi connectivity index (χ1n) is 14.2.